The zero-order chi connectivity index (χ0) is 41.0. The van der Waals surface area contributed by atoms with Crippen molar-refractivity contribution in [2.45, 2.75) is 38.5 Å². The fourth-order valence-corrected chi connectivity index (χ4v) is 7.62. The number of nitrogens with one attached hydrogen (secondary N) is 1. The fraction of sp³-hybridized carbons (Fsp3) is 0.300. The molecule has 304 valence electrons. The van der Waals surface area contributed by atoms with E-state index in [1.807, 2.05) is 18.5 Å². The molecule has 2 aliphatic rings. The molecule has 0 aliphatic carbocycles. The average Bonchev–Trinajstić information content (AvgIpc) is 3.87. The summed E-state index contributed by atoms with van der Waals surface area (Å²) < 4.78 is 56.4. The van der Waals surface area contributed by atoms with E-state index >= 15 is 0 Å². The van der Waals surface area contributed by atoms with Crippen LogP contribution in [0.1, 0.15) is 37.1 Å². The SMILES string of the molecule is Fc1cnc(Cl)nc1.Nc1nc2c(F)cccc2c2nc(CC3CCN(c4ncc(F)cn4)CC3)cn12.Nc1nc2c(F)cccc2c2nc(CC3CCNCC3)cn12. The average molecular weight is 827 g/mol. The van der Waals surface area contributed by atoms with Crippen LogP contribution in [0.3, 0.4) is 0 Å². The number of fused-ring (bicyclic) bond motifs is 6. The van der Waals surface area contributed by atoms with Crippen molar-refractivity contribution in [2.75, 3.05) is 42.5 Å². The van der Waals surface area contributed by atoms with Gasteiger partial charge < -0.3 is 21.7 Å². The number of nitrogen functional groups attached to an aromatic ring is 2. The smallest absolute Gasteiger partial charge is 0.225 e. The zero-order valence-corrected chi connectivity index (χ0v) is 32.4. The molecule has 8 aromatic rings. The second kappa shape index (κ2) is 17.3. The number of piperidine rings is 2. The first-order valence-corrected chi connectivity index (χ1v) is 19.5. The molecule has 10 rings (SSSR count). The number of nitrogens with two attached hydrogens (primary N) is 2. The Morgan fingerprint density at radius 1 is 0.627 bits per heavy atom. The molecule has 0 atom stereocenters. The largest absolute Gasteiger partial charge is 0.369 e. The quantitative estimate of drug-likeness (QED) is 0.129. The molecule has 6 aromatic heterocycles. The van der Waals surface area contributed by atoms with E-state index in [0.29, 0.717) is 39.9 Å². The molecule has 2 saturated heterocycles. The van der Waals surface area contributed by atoms with E-state index in [1.54, 1.807) is 27.0 Å². The third kappa shape index (κ3) is 8.92. The fourth-order valence-electron chi connectivity index (χ4n) is 7.52. The normalized spacial score (nSPS) is 15.0. The van der Waals surface area contributed by atoms with Gasteiger partial charge in [0, 0.05) is 36.3 Å². The van der Waals surface area contributed by atoms with E-state index in [0.717, 1.165) is 88.5 Å². The highest BCUT2D eigenvalue weighted by molar-refractivity contribution is 6.28. The number of para-hydroxylation sites is 2. The molecule has 59 heavy (non-hydrogen) atoms. The lowest BCUT2D eigenvalue weighted by Gasteiger charge is -2.31. The predicted octanol–water partition coefficient (Wildman–Crippen LogP) is 6.41. The summed E-state index contributed by atoms with van der Waals surface area (Å²) in [6.45, 7) is 3.74. The maximum atomic E-state index is 14.1. The zero-order valence-electron chi connectivity index (χ0n) is 31.6. The van der Waals surface area contributed by atoms with Gasteiger partial charge in [0.2, 0.25) is 23.1 Å². The van der Waals surface area contributed by atoms with Crippen LogP contribution < -0.4 is 21.7 Å². The predicted molar refractivity (Wildman–Crippen MR) is 217 cm³/mol. The van der Waals surface area contributed by atoms with Gasteiger partial charge in [0.1, 0.15) is 34.0 Å². The molecule has 0 unspecified atom stereocenters. The van der Waals surface area contributed by atoms with Crippen LogP contribution in [-0.2, 0) is 12.8 Å². The number of hydrogen-bond donors (Lipinski definition) is 3. The summed E-state index contributed by atoms with van der Waals surface area (Å²) in [7, 11) is 0. The Morgan fingerprint density at radius 2 is 1.08 bits per heavy atom. The third-order valence-corrected chi connectivity index (χ3v) is 10.7. The van der Waals surface area contributed by atoms with E-state index in [9.17, 15) is 17.6 Å². The first-order chi connectivity index (χ1) is 28.6. The molecule has 8 heterocycles. The number of anilines is 3. The maximum Gasteiger partial charge on any atom is 0.225 e. The molecule has 2 fully saturated rings. The molecule has 0 saturated carbocycles. The number of halogens is 5. The lowest BCUT2D eigenvalue weighted by Crippen LogP contribution is -2.35. The van der Waals surface area contributed by atoms with Crippen molar-refractivity contribution in [3.63, 3.8) is 0 Å². The minimum Gasteiger partial charge on any atom is -0.369 e. The van der Waals surface area contributed by atoms with Crippen molar-refractivity contribution >= 4 is 62.5 Å². The third-order valence-electron chi connectivity index (χ3n) is 10.5. The van der Waals surface area contributed by atoms with Gasteiger partial charge in [-0.05, 0) is 99.3 Å². The van der Waals surface area contributed by atoms with E-state index in [2.05, 4.69) is 40.1 Å². The molecule has 0 bridgehead atoms. The van der Waals surface area contributed by atoms with Crippen molar-refractivity contribution in [2.24, 2.45) is 11.8 Å². The van der Waals surface area contributed by atoms with Crippen molar-refractivity contribution in [3.05, 3.63) is 114 Å². The molecule has 2 aromatic carbocycles. The second-order valence-corrected chi connectivity index (χ2v) is 14.8. The number of rotatable bonds is 5. The van der Waals surface area contributed by atoms with E-state index < -0.39 is 17.5 Å². The number of nitrogens with zero attached hydrogens (tertiary/aromatic N) is 11. The van der Waals surface area contributed by atoms with Crippen LogP contribution in [0.15, 0.2) is 73.6 Å². The summed E-state index contributed by atoms with van der Waals surface area (Å²) in [6, 6.07) is 9.73. The van der Waals surface area contributed by atoms with Gasteiger partial charge in [-0.1, -0.05) is 12.1 Å². The van der Waals surface area contributed by atoms with Crippen LogP contribution in [0.2, 0.25) is 5.28 Å². The molecule has 2 aliphatic heterocycles. The standard InChI is InChI=1S/C20H19F2N7.C16H18FN5.C4H2ClFN2/c21-13-9-24-20(25-10-13)28-6-4-12(5-7-28)8-14-11-29-18(26-14)15-2-1-3-16(22)17(15)27-19(29)23;17-13-3-1-2-12-14(13)21-16(18)22-9-11(20-15(12)22)8-10-4-6-19-7-5-10;5-4-7-1-3(6)2-8-4/h1-3,9-12H,4-8H2,(H2,23,27);1-3,9-10,19H,4-8H2,(H2,18,21);1-2H. The Labute approximate surface area is 339 Å². The Hall–Kier alpha value is -6.27. The molecule has 19 heteroatoms. The number of benzene rings is 2. The first kappa shape index (κ1) is 39.6. The van der Waals surface area contributed by atoms with E-state index in [1.165, 1.54) is 24.5 Å². The van der Waals surface area contributed by atoms with Crippen LogP contribution in [0.4, 0.5) is 35.4 Å². The summed E-state index contributed by atoms with van der Waals surface area (Å²) in [5.41, 5.74) is 15.7. The van der Waals surface area contributed by atoms with Gasteiger partial charge >= 0.3 is 0 Å². The molecular weight excluding hydrogens is 788 g/mol. The number of imidazole rings is 2. The lowest BCUT2D eigenvalue weighted by molar-refractivity contribution is 0.370. The molecule has 14 nitrogen and oxygen atoms in total. The summed E-state index contributed by atoms with van der Waals surface area (Å²) >= 11 is 5.22. The highest BCUT2D eigenvalue weighted by Crippen LogP contribution is 2.28. The second-order valence-electron chi connectivity index (χ2n) is 14.5. The summed E-state index contributed by atoms with van der Waals surface area (Å²) in [6.07, 6.45) is 14.2. The van der Waals surface area contributed by atoms with Crippen LogP contribution in [0.5, 0.6) is 0 Å². The Morgan fingerprint density at radius 3 is 1.56 bits per heavy atom. The van der Waals surface area contributed by atoms with E-state index in [4.69, 9.17) is 33.0 Å². The Bertz CT molecular complexity index is 2690. The maximum absolute atomic E-state index is 14.1. The summed E-state index contributed by atoms with van der Waals surface area (Å²) in [5, 5.41) is 4.78. The lowest BCUT2D eigenvalue weighted by atomic mass is 9.92. The van der Waals surface area contributed by atoms with Gasteiger partial charge in [-0.2, -0.15) is 0 Å². The molecule has 0 radical (unpaired) electrons. The number of hydrogen-bond acceptors (Lipinski definition) is 12. The van der Waals surface area contributed by atoms with Crippen molar-refractivity contribution in [3.8, 4) is 0 Å². The first-order valence-electron chi connectivity index (χ1n) is 19.1. The van der Waals surface area contributed by atoms with Crippen molar-refractivity contribution < 1.29 is 17.6 Å². The van der Waals surface area contributed by atoms with Crippen LogP contribution in [-0.4, -0.2) is 74.9 Å². The minimum atomic E-state index is -0.477. The molecule has 5 N–H and O–H groups in total. The highest BCUT2D eigenvalue weighted by Gasteiger charge is 2.23. The van der Waals surface area contributed by atoms with Gasteiger partial charge in [-0.3, -0.25) is 8.80 Å². The van der Waals surface area contributed by atoms with Gasteiger partial charge in [0.25, 0.3) is 0 Å². The molecule has 0 amide bonds. The highest BCUT2D eigenvalue weighted by atomic mass is 35.5. The monoisotopic (exact) mass is 826 g/mol. The summed E-state index contributed by atoms with van der Waals surface area (Å²) in [5.74, 6) is 0.468. The van der Waals surface area contributed by atoms with Crippen LogP contribution in [0.25, 0.3) is 33.1 Å². The topological polar surface area (TPSA) is 179 Å². The van der Waals surface area contributed by atoms with Gasteiger partial charge in [0.05, 0.1) is 36.2 Å². The minimum absolute atomic E-state index is 0.0615. The number of aromatic nitrogens is 10. The van der Waals surface area contributed by atoms with Gasteiger partial charge in [-0.25, -0.2) is 57.4 Å². The van der Waals surface area contributed by atoms with E-state index in [-0.39, 0.29) is 34.0 Å². The molecule has 0 spiro atoms. The Kier molecular flexibility index (Phi) is 11.6. The van der Waals surface area contributed by atoms with Crippen LogP contribution in [0, 0.1) is 35.1 Å². The molecular formula is C40H39ClF4N14. The van der Waals surface area contributed by atoms with Gasteiger partial charge in [0.15, 0.2) is 11.6 Å². The van der Waals surface area contributed by atoms with Crippen molar-refractivity contribution in [1.82, 2.24) is 54.0 Å². The van der Waals surface area contributed by atoms with Crippen LogP contribution >= 0.6 is 11.6 Å². The van der Waals surface area contributed by atoms with Crippen molar-refractivity contribution in [1.29, 1.82) is 0 Å². The Balaban J connectivity index is 0.000000142. The van der Waals surface area contributed by atoms with Gasteiger partial charge in [-0.15, -0.1) is 0 Å². The summed E-state index contributed by atoms with van der Waals surface area (Å²) in [4.78, 5) is 34.7.